The molecule has 1 aliphatic rings. The number of hydrogen-bond acceptors (Lipinski definition) is 14. The van der Waals surface area contributed by atoms with Crippen molar-refractivity contribution in [2.45, 2.75) is 68.8 Å². The Kier molecular flexibility index (Phi) is 15.3. The second kappa shape index (κ2) is 20.4. The van der Waals surface area contributed by atoms with E-state index in [4.69, 9.17) is 30.5 Å². The number of pyridine rings is 1. The number of nitrogens with zero attached hydrogens (tertiary/aromatic N) is 5. The quantitative estimate of drug-likeness (QED) is 0.0961. The molecule has 0 radical (unpaired) electrons. The molecule has 1 aliphatic heterocycles. The maximum Gasteiger partial charge on any atom is 0.234 e. The fourth-order valence-electron chi connectivity index (χ4n) is 6.46. The fraction of sp³-hybridized carbons (Fsp3) is 0.366. The Morgan fingerprint density at radius 3 is 2.51 bits per heavy atom. The lowest BCUT2D eigenvalue weighted by molar-refractivity contribution is -0.250. The monoisotopic (exact) mass is 946 g/mol. The fourth-order valence-corrected chi connectivity index (χ4v) is 7.92. The third-order valence-corrected chi connectivity index (χ3v) is 11.9. The predicted molar refractivity (Wildman–Crippen MR) is 224 cm³/mol. The number of rotatable bonds is 18. The minimum Gasteiger partial charge on any atom is -0.488 e. The van der Waals surface area contributed by atoms with Crippen LogP contribution in [-0.4, -0.2) is 112 Å². The molecule has 5 atom stereocenters. The lowest BCUT2D eigenvalue weighted by Gasteiger charge is -2.39. The SMILES string of the molecule is CCNC(=O)CN(C)Cc1cc(Cl)c(OCc2cccc(-c3cccc(OCc4cn([C@@H]5O[C@H](CF)[C@@H](O)[C@H](O)[C@H]5O)nn4)c3)c2Br)cc1OCc1cncc(S(C)(=O)=O)c1. The van der Waals surface area contributed by atoms with Crippen LogP contribution in [0.25, 0.3) is 11.1 Å². The number of amides is 1. The zero-order valence-electron chi connectivity index (χ0n) is 33.3. The largest absolute Gasteiger partial charge is 0.488 e. The summed E-state index contributed by atoms with van der Waals surface area (Å²) in [4.78, 5) is 18.2. The molecule has 16 nitrogen and oxygen atoms in total. The Bertz CT molecular complexity index is 2430. The second-order valence-corrected chi connectivity index (χ2v) is 17.6. The van der Waals surface area contributed by atoms with E-state index in [1.165, 1.54) is 24.7 Å². The van der Waals surface area contributed by atoms with Crippen molar-refractivity contribution in [1.82, 2.24) is 30.2 Å². The van der Waals surface area contributed by atoms with Crippen LogP contribution in [0, 0.1) is 0 Å². The van der Waals surface area contributed by atoms with E-state index < -0.39 is 47.2 Å². The number of alkyl halides is 1. The zero-order valence-corrected chi connectivity index (χ0v) is 36.5. The van der Waals surface area contributed by atoms with Crippen molar-refractivity contribution in [3.8, 4) is 28.4 Å². The van der Waals surface area contributed by atoms with Gasteiger partial charge in [-0.25, -0.2) is 17.5 Å². The lowest BCUT2D eigenvalue weighted by atomic mass is 9.99. The van der Waals surface area contributed by atoms with Gasteiger partial charge in [0.25, 0.3) is 0 Å². The van der Waals surface area contributed by atoms with Crippen molar-refractivity contribution in [3.05, 3.63) is 111 Å². The molecular formula is C41H45BrClFN6O10S. The predicted octanol–water partition coefficient (Wildman–Crippen LogP) is 4.41. The highest BCUT2D eigenvalue weighted by molar-refractivity contribution is 9.10. The molecule has 3 aromatic carbocycles. The molecule has 1 amide bonds. The van der Waals surface area contributed by atoms with Gasteiger partial charge in [0.1, 0.15) is 73.9 Å². The average Bonchev–Trinajstić information content (AvgIpc) is 3.70. The summed E-state index contributed by atoms with van der Waals surface area (Å²) in [6, 6.07) is 18.0. The molecule has 4 N–H and O–H groups in total. The van der Waals surface area contributed by atoms with E-state index in [0.29, 0.717) is 52.2 Å². The summed E-state index contributed by atoms with van der Waals surface area (Å²) in [5, 5.41) is 41.6. The molecule has 20 heteroatoms. The van der Waals surface area contributed by atoms with Crippen LogP contribution in [0.3, 0.4) is 0 Å². The lowest BCUT2D eigenvalue weighted by Crippen LogP contribution is -2.56. The van der Waals surface area contributed by atoms with E-state index in [1.54, 1.807) is 25.2 Å². The normalized spacial score (nSPS) is 19.1. The molecule has 5 aromatic rings. The topological polar surface area (TPSA) is 208 Å². The van der Waals surface area contributed by atoms with E-state index in [1.807, 2.05) is 48.2 Å². The summed E-state index contributed by atoms with van der Waals surface area (Å²) in [6.45, 7) is 1.82. The van der Waals surface area contributed by atoms with Gasteiger partial charge in [0.2, 0.25) is 5.91 Å². The summed E-state index contributed by atoms with van der Waals surface area (Å²) in [5.41, 5.74) is 4.04. The Morgan fingerprint density at radius 1 is 0.984 bits per heavy atom. The Labute approximate surface area is 365 Å². The average molecular weight is 948 g/mol. The van der Waals surface area contributed by atoms with Gasteiger partial charge in [0.05, 0.1) is 22.7 Å². The van der Waals surface area contributed by atoms with Gasteiger partial charge in [-0.15, -0.1) is 5.10 Å². The molecule has 61 heavy (non-hydrogen) atoms. The van der Waals surface area contributed by atoms with Gasteiger partial charge in [-0.1, -0.05) is 47.1 Å². The summed E-state index contributed by atoms with van der Waals surface area (Å²) in [7, 11) is -1.69. The van der Waals surface area contributed by atoms with Gasteiger partial charge < -0.3 is 39.6 Å². The number of ether oxygens (including phenoxy) is 4. The number of aromatic nitrogens is 4. The van der Waals surface area contributed by atoms with Crippen LogP contribution >= 0.6 is 27.5 Å². The third-order valence-electron chi connectivity index (χ3n) is 9.59. The summed E-state index contributed by atoms with van der Waals surface area (Å²) in [5.74, 6) is 1.13. The maximum absolute atomic E-state index is 13.4. The number of nitrogens with one attached hydrogen (secondary N) is 1. The van der Waals surface area contributed by atoms with Crippen molar-refractivity contribution >= 4 is 43.3 Å². The van der Waals surface area contributed by atoms with Crippen molar-refractivity contribution in [2.24, 2.45) is 0 Å². The molecule has 0 saturated carbocycles. The second-order valence-electron chi connectivity index (χ2n) is 14.4. The number of halogens is 3. The van der Waals surface area contributed by atoms with Crippen molar-refractivity contribution < 1.29 is 51.9 Å². The van der Waals surface area contributed by atoms with Gasteiger partial charge in [0.15, 0.2) is 16.1 Å². The molecule has 2 aromatic heterocycles. The molecule has 1 saturated heterocycles. The molecular weight excluding hydrogens is 903 g/mol. The van der Waals surface area contributed by atoms with Gasteiger partial charge in [-0.2, -0.15) is 0 Å². The number of carbonyl (C=O) groups excluding carboxylic acids is 1. The van der Waals surface area contributed by atoms with Crippen molar-refractivity contribution in [3.63, 3.8) is 0 Å². The summed E-state index contributed by atoms with van der Waals surface area (Å²) >= 11 is 10.5. The van der Waals surface area contributed by atoms with Crippen LogP contribution in [-0.2, 0) is 45.7 Å². The number of likely N-dealkylation sites (N-methyl/N-ethyl adjacent to an activating group) is 2. The van der Waals surface area contributed by atoms with Crippen molar-refractivity contribution in [1.29, 1.82) is 0 Å². The van der Waals surface area contributed by atoms with Crippen LogP contribution in [0.15, 0.2) is 88.6 Å². The molecule has 0 aliphatic carbocycles. The van der Waals surface area contributed by atoms with Gasteiger partial charge in [-0.3, -0.25) is 14.7 Å². The molecule has 6 rings (SSSR count). The van der Waals surface area contributed by atoms with Crippen LogP contribution in [0.5, 0.6) is 17.2 Å². The van der Waals surface area contributed by atoms with E-state index in [9.17, 15) is 32.9 Å². The van der Waals surface area contributed by atoms with Crippen LogP contribution < -0.4 is 19.5 Å². The maximum atomic E-state index is 13.4. The van der Waals surface area contributed by atoms with E-state index >= 15 is 0 Å². The minimum atomic E-state index is -3.49. The number of aliphatic hydroxyl groups is 3. The number of carbonyl (C=O) groups is 1. The summed E-state index contributed by atoms with van der Waals surface area (Å²) < 4.78 is 63.5. The first-order valence-corrected chi connectivity index (χ1v) is 22.1. The highest BCUT2D eigenvalue weighted by Gasteiger charge is 2.45. The first-order valence-electron chi connectivity index (χ1n) is 19.0. The molecule has 0 bridgehead atoms. The zero-order chi connectivity index (χ0) is 43.8. The van der Waals surface area contributed by atoms with Crippen LogP contribution in [0.4, 0.5) is 4.39 Å². The first kappa shape index (κ1) is 45.8. The van der Waals surface area contributed by atoms with Crippen molar-refractivity contribution in [2.75, 3.05) is 33.1 Å². The number of benzene rings is 3. The van der Waals surface area contributed by atoms with E-state index in [0.717, 1.165) is 32.1 Å². The van der Waals surface area contributed by atoms with E-state index in [2.05, 4.69) is 36.5 Å². The van der Waals surface area contributed by atoms with E-state index in [-0.39, 0.29) is 37.2 Å². The number of aliphatic hydroxyl groups excluding tert-OH is 3. The Hall–Kier alpha value is -4.73. The Balaban J connectivity index is 1.15. The van der Waals surface area contributed by atoms with Gasteiger partial charge in [0, 0.05) is 59.0 Å². The molecule has 0 spiro atoms. The number of sulfone groups is 1. The smallest absolute Gasteiger partial charge is 0.234 e. The molecule has 326 valence electrons. The molecule has 1 fully saturated rings. The number of hydrogen-bond donors (Lipinski definition) is 4. The van der Waals surface area contributed by atoms with Crippen LogP contribution in [0.2, 0.25) is 5.02 Å². The standard InChI is InChI=1S/C41H45BrClFN6O10S/c1-4-46-36(51)20-49(2)18-27-13-32(43)34(14-33(27)58-21-24-11-30(17-45-16-24)61(3,55)56)59-22-26-8-6-10-31(37(26)42)25-7-5-9-29(12-25)57-23-28-19-50(48-47-28)41-40(54)39(53)38(52)35(15-44)60-41/h5-14,16-17,19,35,38-41,52-54H,4,15,18,20-23H2,1-3H3,(H,46,51)/t35-,38-,39+,40-,41-/m1/s1. The minimum absolute atomic E-state index is 0.000673. The first-order chi connectivity index (χ1) is 29.1. The highest BCUT2D eigenvalue weighted by Crippen LogP contribution is 2.37. The van der Waals surface area contributed by atoms with Crippen LogP contribution in [0.1, 0.15) is 35.5 Å². The Morgan fingerprint density at radius 2 is 1.75 bits per heavy atom. The third kappa shape index (κ3) is 11.6. The van der Waals surface area contributed by atoms with Gasteiger partial charge >= 0.3 is 0 Å². The molecule has 0 unspecified atom stereocenters. The summed E-state index contributed by atoms with van der Waals surface area (Å²) in [6.07, 6.45) is -2.05. The molecule has 3 heterocycles. The highest BCUT2D eigenvalue weighted by atomic mass is 79.9. The van der Waals surface area contributed by atoms with Gasteiger partial charge in [-0.05, 0) is 65.3 Å².